The number of carbonyl (C=O) groups excluding carboxylic acids is 1. The van der Waals surface area contributed by atoms with Gasteiger partial charge in [0.1, 0.15) is 9.84 Å². The highest BCUT2D eigenvalue weighted by Gasteiger charge is 2.35. The minimum absolute atomic E-state index is 0.0222. The fourth-order valence-electron chi connectivity index (χ4n) is 3.62. The van der Waals surface area contributed by atoms with E-state index in [1.807, 2.05) is 30.3 Å². The number of rotatable bonds is 6. The van der Waals surface area contributed by atoms with E-state index < -0.39 is 9.84 Å². The lowest BCUT2D eigenvalue weighted by Crippen LogP contribution is -2.48. The first kappa shape index (κ1) is 19.3. The first-order valence-corrected chi connectivity index (χ1v) is 11.2. The van der Waals surface area contributed by atoms with Crippen LogP contribution in [0.15, 0.2) is 30.3 Å². The fourth-order valence-corrected chi connectivity index (χ4v) is 4.21. The van der Waals surface area contributed by atoms with E-state index in [-0.39, 0.29) is 29.7 Å². The average Bonchev–Trinajstić information content (AvgIpc) is 3.11. The van der Waals surface area contributed by atoms with Crippen molar-refractivity contribution in [3.63, 3.8) is 0 Å². The summed E-state index contributed by atoms with van der Waals surface area (Å²) in [5.74, 6) is 0.133. The molecule has 2 saturated heterocycles. The number of nitrogens with zero attached hydrogens (tertiary/aromatic N) is 1. The van der Waals surface area contributed by atoms with Gasteiger partial charge in [-0.15, -0.1) is 0 Å². The number of benzene rings is 1. The van der Waals surface area contributed by atoms with Gasteiger partial charge in [-0.05, 0) is 18.4 Å². The monoisotopic (exact) mass is 380 g/mol. The summed E-state index contributed by atoms with van der Waals surface area (Å²) in [6, 6.07) is 10.1. The first-order valence-electron chi connectivity index (χ1n) is 9.16. The number of nitrogens with one attached hydrogen (secondary N) is 3. The van der Waals surface area contributed by atoms with Gasteiger partial charge < -0.3 is 10.2 Å². The Morgan fingerprint density at radius 1 is 1.23 bits per heavy atom. The molecule has 26 heavy (non-hydrogen) atoms. The lowest BCUT2D eigenvalue weighted by atomic mass is 9.93. The van der Waals surface area contributed by atoms with Crippen molar-refractivity contribution in [1.82, 2.24) is 21.1 Å². The number of sulfone groups is 1. The topological polar surface area (TPSA) is 90.5 Å². The molecular formula is C18H28N4O3S. The number of amides is 1. The van der Waals surface area contributed by atoms with Crippen molar-refractivity contribution < 1.29 is 13.2 Å². The smallest absolute Gasteiger partial charge is 0.226 e. The number of hydrogen-bond donors (Lipinski definition) is 3. The average molecular weight is 381 g/mol. The summed E-state index contributed by atoms with van der Waals surface area (Å²) in [4.78, 5) is 14.9. The molecule has 0 radical (unpaired) electrons. The lowest BCUT2D eigenvalue weighted by molar-refractivity contribution is -0.126. The van der Waals surface area contributed by atoms with Crippen LogP contribution >= 0.6 is 0 Å². The quantitative estimate of drug-likeness (QED) is 0.647. The zero-order valence-electron chi connectivity index (χ0n) is 15.1. The summed E-state index contributed by atoms with van der Waals surface area (Å²) in [5.41, 5.74) is 7.41. The lowest BCUT2D eigenvalue weighted by Gasteiger charge is -2.33. The third kappa shape index (κ3) is 5.26. The molecule has 0 spiro atoms. The molecular weight excluding hydrogens is 352 g/mol. The van der Waals surface area contributed by atoms with Gasteiger partial charge in [-0.3, -0.25) is 10.2 Å². The normalized spacial score (nSPS) is 25.3. The molecule has 3 rings (SSSR count). The second kappa shape index (κ2) is 8.47. The van der Waals surface area contributed by atoms with Crippen LogP contribution in [0.1, 0.15) is 24.4 Å². The molecule has 2 heterocycles. The Balaban J connectivity index is 1.48. The Labute approximate surface area is 155 Å². The zero-order chi connectivity index (χ0) is 18.6. The van der Waals surface area contributed by atoms with E-state index in [0.29, 0.717) is 13.1 Å². The van der Waals surface area contributed by atoms with Crippen LogP contribution in [-0.2, 0) is 14.6 Å². The van der Waals surface area contributed by atoms with Gasteiger partial charge in [0.05, 0.1) is 17.7 Å². The first-order chi connectivity index (χ1) is 12.4. The summed E-state index contributed by atoms with van der Waals surface area (Å²) in [7, 11) is -2.92. The van der Waals surface area contributed by atoms with E-state index in [4.69, 9.17) is 0 Å². The molecule has 8 heteroatoms. The molecule has 1 amide bonds. The van der Waals surface area contributed by atoms with Gasteiger partial charge in [-0.25, -0.2) is 13.8 Å². The number of piperidine rings is 1. The molecule has 0 saturated carbocycles. The largest absolute Gasteiger partial charge is 0.353 e. The van der Waals surface area contributed by atoms with Crippen LogP contribution in [0.3, 0.4) is 0 Å². The van der Waals surface area contributed by atoms with Crippen molar-refractivity contribution in [2.45, 2.75) is 24.9 Å². The highest BCUT2D eigenvalue weighted by Crippen LogP contribution is 2.25. The standard InChI is InChI=1S/C18H28N4O3S/c1-26(24,25)12-11-22-9-7-15(8-10-22)20-18(23)16-13-19-21-17(16)14-5-3-2-4-6-14/h2-6,15-17,19,21H,7-13H2,1H3,(H,20,23). The van der Waals surface area contributed by atoms with Crippen LogP contribution in [0.4, 0.5) is 0 Å². The predicted octanol–water partition coefficient (Wildman–Crippen LogP) is 0.0769. The van der Waals surface area contributed by atoms with Crippen LogP contribution in [0.5, 0.6) is 0 Å². The van der Waals surface area contributed by atoms with E-state index >= 15 is 0 Å². The zero-order valence-corrected chi connectivity index (χ0v) is 16.0. The third-order valence-corrected chi connectivity index (χ3v) is 6.11. The van der Waals surface area contributed by atoms with Crippen molar-refractivity contribution in [3.05, 3.63) is 35.9 Å². The minimum Gasteiger partial charge on any atom is -0.353 e. The summed E-state index contributed by atoms with van der Waals surface area (Å²) >= 11 is 0. The van der Waals surface area contributed by atoms with Crippen LogP contribution in [0.25, 0.3) is 0 Å². The molecule has 3 N–H and O–H groups in total. The highest BCUT2D eigenvalue weighted by atomic mass is 32.2. The van der Waals surface area contributed by atoms with Crippen LogP contribution < -0.4 is 16.2 Å². The van der Waals surface area contributed by atoms with Gasteiger partial charge in [0.2, 0.25) is 5.91 Å². The molecule has 144 valence electrons. The maximum Gasteiger partial charge on any atom is 0.226 e. The Bertz CT molecular complexity index is 702. The second-order valence-corrected chi connectivity index (χ2v) is 9.53. The molecule has 2 aliphatic heterocycles. The van der Waals surface area contributed by atoms with E-state index in [0.717, 1.165) is 31.5 Å². The summed E-state index contributed by atoms with van der Waals surface area (Å²) in [6.07, 6.45) is 2.99. The molecule has 1 aromatic carbocycles. The van der Waals surface area contributed by atoms with Gasteiger partial charge in [0.25, 0.3) is 0 Å². The Kier molecular flexibility index (Phi) is 6.29. The highest BCUT2D eigenvalue weighted by molar-refractivity contribution is 7.90. The molecule has 2 aliphatic rings. The number of carbonyl (C=O) groups is 1. The predicted molar refractivity (Wildman–Crippen MR) is 101 cm³/mol. The minimum atomic E-state index is -2.92. The van der Waals surface area contributed by atoms with Gasteiger partial charge in [-0.2, -0.15) is 0 Å². The molecule has 7 nitrogen and oxygen atoms in total. The van der Waals surface area contributed by atoms with E-state index in [2.05, 4.69) is 21.1 Å². The van der Waals surface area contributed by atoms with E-state index in [1.54, 1.807) is 0 Å². The summed E-state index contributed by atoms with van der Waals surface area (Å²) in [5, 5.41) is 3.19. The molecule has 0 aliphatic carbocycles. The Morgan fingerprint density at radius 2 is 1.92 bits per heavy atom. The van der Waals surface area contributed by atoms with E-state index in [9.17, 15) is 13.2 Å². The Morgan fingerprint density at radius 3 is 2.58 bits per heavy atom. The number of hydrogen-bond acceptors (Lipinski definition) is 6. The summed E-state index contributed by atoms with van der Waals surface area (Å²) in [6.45, 7) is 2.83. The van der Waals surface area contributed by atoms with Crippen LogP contribution in [-0.4, -0.2) is 63.5 Å². The molecule has 2 unspecified atom stereocenters. The second-order valence-electron chi connectivity index (χ2n) is 7.27. The number of hydrazine groups is 1. The summed E-state index contributed by atoms with van der Waals surface area (Å²) < 4.78 is 22.6. The van der Waals surface area contributed by atoms with Gasteiger partial charge >= 0.3 is 0 Å². The van der Waals surface area contributed by atoms with Crippen molar-refractivity contribution in [2.24, 2.45) is 5.92 Å². The fraction of sp³-hybridized carbons (Fsp3) is 0.611. The Hall–Kier alpha value is -1.48. The van der Waals surface area contributed by atoms with Crippen molar-refractivity contribution in [2.75, 3.05) is 38.2 Å². The molecule has 1 aromatic rings. The van der Waals surface area contributed by atoms with E-state index in [1.165, 1.54) is 6.26 Å². The maximum atomic E-state index is 12.8. The van der Waals surface area contributed by atoms with Gasteiger partial charge in [-0.1, -0.05) is 30.3 Å². The van der Waals surface area contributed by atoms with Crippen molar-refractivity contribution in [1.29, 1.82) is 0 Å². The third-order valence-electron chi connectivity index (χ3n) is 5.19. The molecule has 0 aromatic heterocycles. The van der Waals surface area contributed by atoms with Crippen LogP contribution in [0, 0.1) is 5.92 Å². The SMILES string of the molecule is CS(=O)(=O)CCN1CCC(NC(=O)C2CNNC2c2ccccc2)CC1. The molecule has 0 bridgehead atoms. The van der Waals surface area contributed by atoms with Gasteiger partial charge in [0, 0.05) is 38.5 Å². The van der Waals surface area contributed by atoms with Gasteiger partial charge in [0.15, 0.2) is 0 Å². The van der Waals surface area contributed by atoms with Crippen molar-refractivity contribution >= 4 is 15.7 Å². The molecule has 2 atom stereocenters. The van der Waals surface area contributed by atoms with Crippen molar-refractivity contribution in [3.8, 4) is 0 Å². The van der Waals surface area contributed by atoms with Crippen LogP contribution in [0.2, 0.25) is 0 Å². The number of likely N-dealkylation sites (tertiary alicyclic amines) is 1. The maximum absolute atomic E-state index is 12.8. The molecule has 2 fully saturated rings.